The maximum atomic E-state index is 9.97. The zero-order valence-electron chi connectivity index (χ0n) is 8.61. The molecule has 84 valence electrons. The van der Waals surface area contributed by atoms with Crippen molar-refractivity contribution in [2.24, 2.45) is 0 Å². The molecular formula is C10H20O4. The van der Waals surface area contributed by atoms with Crippen LogP contribution in [0.1, 0.15) is 25.7 Å². The lowest BCUT2D eigenvalue weighted by atomic mass is 10.2. The van der Waals surface area contributed by atoms with Crippen molar-refractivity contribution in [1.82, 2.24) is 0 Å². The summed E-state index contributed by atoms with van der Waals surface area (Å²) in [5.41, 5.74) is 0. The average molecular weight is 204 g/mol. The summed E-state index contributed by atoms with van der Waals surface area (Å²) in [5, 5.41) is 8.40. The Balaban J connectivity index is 2.81. The first kappa shape index (κ1) is 13.5. The van der Waals surface area contributed by atoms with E-state index < -0.39 is 0 Å². The number of aliphatic hydroxyl groups excluding tert-OH is 1. The first-order chi connectivity index (χ1) is 6.91. The van der Waals surface area contributed by atoms with Crippen molar-refractivity contribution < 1.29 is 19.4 Å². The van der Waals surface area contributed by atoms with Gasteiger partial charge < -0.3 is 19.4 Å². The summed E-state index contributed by atoms with van der Waals surface area (Å²) in [5.74, 6) is 0. The maximum absolute atomic E-state index is 9.97. The number of ether oxygens (including phenoxy) is 2. The van der Waals surface area contributed by atoms with Gasteiger partial charge in [0, 0.05) is 13.0 Å². The van der Waals surface area contributed by atoms with Gasteiger partial charge in [-0.2, -0.15) is 0 Å². The van der Waals surface area contributed by atoms with Crippen LogP contribution in [0.15, 0.2) is 0 Å². The predicted octanol–water partition coefficient (Wildman–Crippen LogP) is 0.771. The largest absolute Gasteiger partial charge is 0.394 e. The van der Waals surface area contributed by atoms with Crippen LogP contribution >= 0.6 is 0 Å². The summed E-state index contributed by atoms with van der Waals surface area (Å²) < 4.78 is 10.3. The molecule has 0 aromatic carbocycles. The molecule has 0 unspecified atom stereocenters. The molecule has 0 spiro atoms. The number of aldehydes is 1. The molecule has 0 aliphatic heterocycles. The summed E-state index contributed by atoms with van der Waals surface area (Å²) in [7, 11) is 0. The summed E-state index contributed by atoms with van der Waals surface area (Å²) in [4.78, 5) is 9.97. The van der Waals surface area contributed by atoms with Crippen LogP contribution in [-0.4, -0.2) is 44.4 Å². The minimum Gasteiger partial charge on any atom is -0.394 e. The van der Waals surface area contributed by atoms with Crippen LogP contribution in [0, 0.1) is 0 Å². The standard InChI is InChI=1S/C10H20O4/c11-5-3-1-2-4-7-13-9-10-14-8-6-12/h5,12H,1-4,6-10H2. The summed E-state index contributed by atoms with van der Waals surface area (Å²) >= 11 is 0. The molecule has 14 heavy (non-hydrogen) atoms. The van der Waals surface area contributed by atoms with Gasteiger partial charge in [-0.1, -0.05) is 6.42 Å². The number of carbonyl (C=O) groups excluding carboxylic acids is 1. The van der Waals surface area contributed by atoms with E-state index in [9.17, 15) is 4.79 Å². The fourth-order valence-corrected chi connectivity index (χ4v) is 0.995. The molecule has 0 saturated heterocycles. The van der Waals surface area contributed by atoms with E-state index in [1.54, 1.807) is 0 Å². The van der Waals surface area contributed by atoms with Gasteiger partial charge in [-0.25, -0.2) is 0 Å². The Morgan fingerprint density at radius 2 is 1.64 bits per heavy atom. The lowest BCUT2D eigenvalue weighted by Crippen LogP contribution is -2.07. The number of aliphatic hydroxyl groups is 1. The second-order valence-corrected chi connectivity index (χ2v) is 2.96. The van der Waals surface area contributed by atoms with Crippen molar-refractivity contribution in [3.8, 4) is 0 Å². The van der Waals surface area contributed by atoms with Gasteiger partial charge in [0.2, 0.25) is 0 Å². The third-order valence-corrected chi connectivity index (χ3v) is 1.72. The van der Waals surface area contributed by atoms with E-state index in [0.717, 1.165) is 32.2 Å². The number of unbranched alkanes of at least 4 members (excludes halogenated alkanes) is 3. The normalized spacial score (nSPS) is 10.4. The highest BCUT2D eigenvalue weighted by Gasteiger charge is 1.91. The van der Waals surface area contributed by atoms with Gasteiger partial charge in [-0.15, -0.1) is 0 Å². The molecule has 0 amide bonds. The monoisotopic (exact) mass is 204 g/mol. The quantitative estimate of drug-likeness (QED) is 0.399. The Labute approximate surface area is 85.2 Å². The zero-order valence-corrected chi connectivity index (χ0v) is 8.61. The van der Waals surface area contributed by atoms with Gasteiger partial charge in [0.1, 0.15) is 6.29 Å². The van der Waals surface area contributed by atoms with E-state index in [4.69, 9.17) is 14.6 Å². The molecule has 4 nitrogen and oxygen atoms in total. The van der Waals surface area contributed by atoms with Gasteiger partial charge in [0.25, 0.3) is 0 Å². The van der Waals surface area contributed by atoms with Crippen LogP contribution in [0.25, 0.3) is 0 Å². The molecule has 0 rings (SSSR count). The first-order valence-corrected chi connectivity index (χ1v) is 5.11. The highest BCUT2D eigenvalue weighted by Crippen LogP contribution is 1.97. The van der Waals surface area contributed by atoms with Crippen molar-refractivity contribution >= 4 is 6.29 Å². The Bertz CT molecular complexity index is 117. The molecule has 0 bridgehead atoms. The van der Waals surface area contributed by atoms with Gasteiger partial charge in [-0.3, -0.25) is 0 Å². The predicted molar refractivity (Wildman–Crippen MR) is 53.3 cm³/mol. The Hall–Kier alpha value is -0.450. The third kappa shape index (κ3) is 11.6. The Kier molecular flexibility index (Phi) is 12.1. The smallest absolute Gasteiger partial charge is 0.119 e. The van der Waals surface area contributed by atoms with Crippen molar-refractivity contribution in [1.29, 1.82) is 0 Å². The average Bonchev–Trinajstić information content (AvgIpc) is 2.21. The van der Waals surface area contributed by atoms with E-state index in [1.165, 1.54) is 0 Å². The van der Waals surface area contributed by atoms with Gasteiger partial charge >= 0.3 is 0 Å². The molecule has 0 aliphatic carbocycles. The minimum absolute atomic E-state index is 0.0612. The Morgan fingerprint density at radius 1 is 0.929 bits per heavy atom. The number of hydrogen-bond acceptors (Lipinski definition) is 4. The molecule has 0 aromatic heterocycles. The van der Waals surface area contributed by atoms with E-state index in [-0.39, 0.29) is 6.61 Å². The molecule has 0 radical (unpaired) electrons. The van der Waals surface area contributed by atoms with Crippen LogP contribution in [-0.2, 0) is 14.3 Å². The maximum Gasteiger partial charge on any atom is 0.119 e. The second-order valence-electron chi connectivity index (χ2n) is 2.96. The molecule has 1 N–H and O–H groups in total. The van der Waals surface area contributed by atoms with Crippen LogP contribution in [0.3, 0.4) is 0 Å². The Morgan fingerprint density at radius 3 is 2.29 bits per heavy atom. The van der Waals surface area contributed by atoms with Crippen LogP contribution in [0.2, 0.25) is 0 Å². The molecule has 0 aliphatic rings. The molecule has 0 heterocycles. The van der Waals surface area contributed by atoms with Crippen molar-refractivity contribution in [2.75, 3.05) is 33.0 Å². The lowest BCUT2D eigenvalue weighted by Gasteiger charge is -2.04. The van der Waals surface area contributed by atoms with Crippen molar-refractivity contribution in [2.45, 2.75) is 25.7 Å². The molecule has 4 heteroatoms. The second kappa shape index (κ2) is 12.6. The highest BCUT2D eigenvalue weighted by atomic mass is 16.5. The van der Waals surface area contributed by atoms with E-state index >= 15 is 0 Å². The molecule has 0 aromatic rings. The summed E-state index contributed by atoms with van der Waals surface area (Å²) in [6.07, 6.45) is 4.58. The fraction of sp³-hybridized carbons (Fsp3) is 0.900. The topological polar surface area (TPSA) is 55.8 Å². The zero-order chi connectivity index (χ0) is 10.5. The summed E-state index contributed by atoms with van der Waals surface area (Å²) in [6.45, 7) is 2.28. The minimum atomic E-state index is 0.0612. The van der Waals surface area contributed by atoms with E-state index in [0.29, 0.717) is 26.2 Å². The van der Waals surface area contributed by atoms with Crippen molar-refractivity contribution in [3.63, 3.8) is 0 Å². The third-order valence-electron chi connectivity index (χ3n) is 1.72. The first-order valence-electron chi connectivity index (χ1n) is 5.11. The molecule has 0 atom stereocenters. The number of rotatable bonds is 11. The van der Waals surface area contributed by atoms with Crippen LogP contribution in [0.5, 0.6) is 0 Å². The number of hydrogen-bond donors (Lipinski definition) is 1. The van der Waals surface area contributed by atoms with Crippen molar-refractivity contribution in [3.05, 3.63) is 0 Å². The van der Waals surface area contributed by atoms with E-state index in [2.05, 4.69) is 0 Å². The molecule has 0 fully saturated rings. The van der Waals surface area contributed by atoms with Gasteiger partial charge in [-0.05, 0) is 12.8 Å². The van der Waals surface area contributed by atoms with Gasteiger partial charge in [0.05, 0.1) is 26.4 Å². The summed E-state index contributed by atoms with van der Waals surface area (Å²) in [6, 6.07) is 0. The van der Waals surface area contributed by atoms with Gasteiger partial charge in [0.15, 0.2) is 0 Å². The lowest BCUT2D eigenvalue weighted by molar-refractivity contribution is -0.107. The SMILES string of the molecule is O=CCCCCCOCCOCCO. The fourth-order valence-electron chi connectivity index (χ4n) is 0.995. The van der Waals surface area contributed by atoms with Crippen LogP contribution in [0.4, 0.5) is 0 Å². The molecule has 0 saturated carbocycles. The van der Waals surface area contributed by atoms with E-state index in [1.807, 2.05) is 0 Å². The van der Waals surface area contributed by atoms with Crippen LogP contribution < -0.4 is 0 Å². The highest BCUT2D eigenvalue weighted by molar-refractivity contribution is 5.48. The molecular weight excluding hydrogens is 184 g/mol. The number of carbonyl (C=O) groups is 1.